The zero-order valence-electron chi connectivity index (χ0n) is 11.0. The lowest BCUT2D eigenvalue weighted by molar-refractivity contribution is -0.121. The van der Waals surface area contributed by atoms with Crippen molar-refractivity contribution in [2.75, 3.05) is 7.11 Å². The van der Waals surface area contributed by atoms with E-state index in [-0.39, 0.29) is 17.5 Å². The Morgan fingerprint density at radius 3 is 2.83 bits per heavy atom. The molecule has 18 heavy (non-hydrogen) atoms. The highest BCUT2D eigenvalue weighted by Gasteiger charge is 2.31. The maximum absolute atomic E-state index is 12.5. The molecule has 0 amide bonds. The van der Waals surface area contributed by atoms with Gasteiger partial charge in [0.1, 0.15) is 11.3 Å². The molecule has 2 rings (SSSR count). The fourth-order valence-electron chi connectivity index (χ4n) is 2.61. The lowest BCUT2D eigenvalue weighted by Gasteiger charge is -2.19. The molecule has 1 aliphatic carbocycles. The first-order valence-corrected chi connectivity index (χ1v) is 6.18. The summed E-state index contributed by atoms with van der Waals surface area (Å²) in [7, 11) is 3.27. The van der Waals surface area contributed by atoms with Gasteiger partial charge in [-0.25, -0.2) is 4.68 Å². The number of nitrogens with zero attached hydrogens (tertiary/aromatic N) is 2. The Labute approximate surface area is 106 Å². The van der Waals surface area contributed by atoms with E-state index in [1.807, 2.05) is 0 Å². The molecule has 0 bridgehead atoms. The van der Waals surface area contributed by atoms with Crippen molar-refractivity contribution in [1.82, 2.24) is 9.78 Å². The molecule has 5 nitrogen and oxygen atoms in total. The molecule has 1 heterocycles. The van der Waals surface area contributed by atoms with Crippen LogP contribution in [0.1, 0.15) is 41.7 Å². The fraction of sp³-hybridized carbons (Fsp3) is 0.615. The zero-order valence-corrected chi connectivity index (χ0v) is 11.0. The molecule has 1 aromatic rings. The molecule has 5 heteroatoms. The van der Waals surface area contributed by atoms with Crippen molar-refractivity contribution in [1.29, 1.82) is 0 Å². The third-order valence-electron chi connectivity index (χ3n) is 3.46. The van der Waals surface area contributed by atoms with Crippen molar-refractivity contribution in [3.63, 3.8) is 0 Å². The number of hydrogen-bond donors (Lipinski definition) is 0. The summed E-state index contributed by atoms with van der Waals surface area (Å²) in [5.41, 5.74) is 1.19. The van der Waals surface area contributed by atoms with Gasteiger partial charge >= 0.3 is 0 Å². The maximum atomic E-state index is 12.5. The van der Waals surface area contributed by atoms with Gasteiger partial charge in [-0.3, -0.25) is 9.59 Å². The lowest BCUT2D eigenvalue weighted by atomic mass is 9.83. The molecule has 0 aromatic carbocycles. The van der Waals surface area contributed by atoms with E-state index in [0.717, 1.165) is 12.8 Å². The van der Waals surface area contributed by atoms with E-state index in [1.165, 1.54) is 7.11 Å². The lowest BCUT2D eigenvalue weighted by Crippen LogP contribution is -2.23. The van der Waals surface area contributed by atoms with Gasteiger partial charge in [0.15, 0.2) is 5.78 Å². The van der Waals surface area contributed by atoms with Crippen LogP contribution in [0.5, 0.6) is 5.88 Å². The molecule has 0 N–H and O–H groups in total. The van der Waals surface area contributed by atoms with Crippen molar-refractivity contribution in [2.45, 2.75) is 32.6 Å². The second-order valence-corrected chi connectivity index (χ2v) is 4.79. The predicted molar refractivity (Wildman–Crippen MR) is 65.8 cm³/mol. The minimum atomic E-state index is -0.206. The first-order chi connectivity index (χ1) is 8.54. The van der Waals surface area contributed by atoms with Gasteiger partial charge in [0, 0.05) is 25.8 Å². The summed E-state index contributed by atoms with van der Waals surface area (Å²) in [6, 6.07) is 0. The average Bonchev–Trinajstić information content (AvgIpc) is 2.62. The molecule has 0 aliphatic heterocycles. The summed E-state index contributed by atoms with van der Waals surface area (Å²) < 4.78 is 6.79. The summed E-state index contributed by atoms with van der Waals surface area (Å²) in [5, 5.41) is 4.20. The van der Waals surface area contributed by atoms with Gasteiger partial charge in [-0.05, 0) is 19.8 Å². The van der Waals surface area contributed by atoms with Crippen LogP contribution in [0.3, 0.4) is 0 Å². The Hall–Kier alpha value is -1.65. The molecular formula is C13H18N2O3. The number of rotatable bonds is 3. The molecular weight excluding hydrogens is 232 g/mol. The summed E-state index contributed by atoms with van der Waals surface area (Å²) >= 11 is 0. The topological polar surface area (TPSA) is 61.2 Å². The van der Waals surface area contributed by atoms with Crippen LogP contribution in [0.2, 0.25) is 0 Å². The second kappa shape index (κ2) is 4.92. The number of hydrogen-bond acceptors (Lipinski definition) is 4. The summed E-state index contributed by atoms with van der Waals surface area (Å²) in [4.78, 5) is 23.9. The SMILES string of the molecule is COc1c(C(=O)C2CCCC(=O)C2)c(C)nn1C. The van der Waals surface area contributed by atoms with Crippen molar-refractivity contribution in [3.8, 4) is 5.88 Å². The summed E-state index contributed by atoms with van der Waals surface area (Å²) in [6.07, 6.45) is 2.54. The van der Waals surface area contributed by atoms with Gasteiger partial charge in [-0.15, -0.1) is 0 Å². The Kier molecular flexibility index (Phi) is 3.50. The minimum absolute atomic E-state index is 0.00880. The fourth-order valence-corrected chi connectivity index (χ4v) is 2.61. The van der Waals surface area contributed by atoms with Gasteiger partial charge in [0.2, 0.25) is 5.88 Å². The van der Waals surface area contributed by atoms with E-state index in [2.05, 4.69) is 5.10 Å². The largest absolute Gasteiger partial charge is 0.481 e. The highest BCUT2D eigenvalue weighted by molar-refractivity contribution is 6.03. The molecule has 1 fully saturated rings. The van der Waals surface area contributed by atoms with Crippen molar-refractivity contribution < 1.29 is 14.3 Å². The number of methoxy groups -OCH3 is 1. The van der Waals surface area contributed by atoms with Crippen molar-refractivity contribution in [2.24, 2.45) is 13.0 Å². The van der Waals surface area contributed by atoms with E-state index in [4.69, 9.17) is 4.74 Å². The summed E-state index contributed by atoms with van der Waals surface area (Å²) in [5.74, 6) is 0.448. The first-order valence-electron chi connectivity index (χ1n) is 6.18. The zero-order chi connectivity index (χ0) is 13.3. The van der Waals surface area contributed by atoms with Gasteiger partial charge in [0.25, 0.3) is 0 Å². The minimum Gasteiger partial charge on any atom is -0.481 e. The Morgan fingerprint density at radius 2 is 2.22 bits per heavy atom. The molecule has 1 unspecified atom stereocenters. The first kappa shape index (κ1) is 12.8. The van der Waals surface area contributed by atoms with E-state index >= 15 is 0 Å². The molecule has 1 aliphatic rings. The highest BCUT2D eigenvalue weighted by Crippen LogP contribution is 2.30. The highest BCUT2D eigenvalue weighted by atomic mass is 16.5. The Morgan fingerprint density at radius 1 is 1.50 bits per heavy atom. The normalized spacial score (nSPS) is 19.9. The van der Waals surface area contributed by atoms with Crippen LogP contribution in [0.25, 0.3) is 0 Å². The van der Waals surface area contributed by atoms with Gasteiger partial charge in [-0.1, -0.05) is 0 Å². The molecule has 0 spiro atoms. The van der Waals surface area contributed by atoms with E-state index < -0.39 is 0 Å². The monoisotopic (exact) mass is 250 g/mol. The molecule has 98 valence electrons. The molecule has 1 atom stereocenters. The number of carbonyl (C=O) groups excluding carboxylic acids is 2. The smallest absolute Gasteiger partial charge is 0.222 e. The van der Waals surface area contributed by atoms with Crippen LogP contribution in [0.4, 0.5) is 0 Å². The van der Waals surface area contributed by atoms with E-state index in [1.54, 1.807) is 18.7 Å². The number of aryl methyl sites for hydroxylation is 2. The molecule has 1 aromatic heterocycles. The molecule has 0 radical (unpaired) electrons. The van der Waals surface area contributed by atoms with Crippen LogP contribution >= 0.6 is 0 Å². The van der Waals surface area contributed by atoms with Gasteiger partial charge in [-0.2, -0.15) is 5.10 Å². The quantitative estimate of drug-likeness (QED) is 0.766. The Balaban J connectivity index is 2.30. The predicted octanol–water partition coefficient (Wildman–Crippen LogP) is 1.68. The number of aromatic nitrogens is 2. The third-order valence-corrected chi connectivity index (χ3v) is 3.46. The number of Topliss-reactive ketones (excluding diaryl/α,β-unsaturated/α-hetero) is 2. The van der Waals surface area contributed by atoms with Gasteiger partial charge < -0.3 is 4.74 Å². The summed E-state index contributed by atoms with van der Waals surface area (Å²) in [6.45, 7) is 1.79. The number of carbonyl (C=O) groups is 2. The van der Waals surface area contributed by atoms with Crippen LogP contribution in [-0.2, 0) is 11.8 Å². The van der Waals surface area contributed by atoms with Crippen LogP contribution in [0, 0.1) is 12.8 Å². The Bertz CT molecular complexity index is 491. The van der Waals surface area contributed by atoms with E-state index in [0.29, 0.717) is 30.0 Å². The standard InChI is InChI=1S/C13H18N2O3/c1-8-11(13(18-3)15(2)14-8)12(17)9-5-4-6-10(16)7-9/h9H,4-7H2,1-3H3. The molecule has 1 saturated carbocycles. The van der Waals surface area contributed by atoms with E-state index in [9.17, 15) is 9.59 Å². The average molecular weight is 250 g/mol. The van der Waals surface area contributed by atoms with Crippen molar-refractivity contribution >= 4 is 11.6 Å². The second-order valence-electron chi connectivity index (χ2n) is 4.79. The number of ether oxygens (including phenoxy) is 1. The van der Waals surface area contributed by atoms with Crippen LogP contribution in [0.15, 0.2) is 0 Å². The van der Waals surface area contributed by atoms with Gasteiger partial charge in [0.05, 0.1) is 12.8 Å². The van der Waals surface area contributed by atoms with Crippen LogP contribution in [-0.4, -0.2) is 28.5 Å². The number of ketones is 2. The third kappa shape index (κ3) is 2.17. The maximum Gasteiger partial charge on any atom is 0.222 e. The van der Waals surface area contributed by atoms with Crippen LogP contribution < -0.4 is 4.74 Å². The van der Waals surface area contributed by atoms with Crippen molar-refractivity contribution in [3.05, 3.63) is 11.3 Å². The molecule has 0 saturated heterocycles.